The number of ether oxygens (including phenoxy) is 2. The van der Waals surface area contributed by atoms with Crippen LogP contribution < -0.4 is 16.4 Å². The molecule has 0 rings (SSSR count). The number of carbonyl (C=O) groups excluding carboxylic acids is 2. The average Bonchev–Trinajstić information content (AvgIpc) is 2.58. The van der Waals surface area contributed by atoms with E-state index in [1.807, 2.05) is 20.8 Å². The third-order valence-electron chi connectivity index (χ3n) is 3.64. The largest absolute Gasteiger partial charge is 0.430 e. The summed E-state index contributed by atoms with van der Waals surface area (Å²) in [7, 11) is 0. The molecular weight excluding hydrogens is 395 g/mol. The number of rotatable bonds is 13. The molecular formula is C17H38Cl2N4O4. The molecule has 4 N–H and O–H groups in total. The molecule has 0 aromatic heterocycles. The number of carbonyl (C=O) groups is 2. The van der Waals surface area contributed by atoms with Crippen LogP contribution in [0.25, 0.3) is 0 Å². The predicted molar refractivity (Wildman–Crippen MR) is 113 cm³/mol. The Morgan fingerprint density at radius 3 is 1.81 bits per heavy atom. The summed E-state index contributed by atoms with van der Waals surface area (Å²) in [5.41, 5.74) is 5.77. The van der Waals surface area contributed by atoms with Gasteiger partial charge in [0.2, 0.25) is 0 Å². The fourth-order valence-corrected chi connectivity index (χ4v) is 2.23. The van der Waals surface area contributed by atoms with Gasteiger partial charge < -0.3 is 25.8 Å². The first-order valence-electron chi connectivity index (χ1n) is 9.34. The van der Waals surface area contributed by atoms with Crippen LogP contribution in [0.2, 0.25) is 0 Å². The van der Waals surface area contributed by atoms with Gasteiger partial charge in [-0.25, -0.2) is 14.5 Å². The Labute approximate surface area is 176 Å². The van der Waals surface area contributed by atoms with Gasteiger partial charge in [-0.2, -0.15) is 0 Å². The van der Waals surface area contributed by atoms with Crippen molar-refractivity contribution in [2.24, 2.45) is 5.73 Å². The Balaban J connectivity index is -0.00000288. The molecule has 164 valence electrons. The summed E-state index contributed by atoms with van der Waals surface area (Å²) in [5.74, 6) is 0. The van der Waals surface area contributed by atoms with Gasteiger partial charge >= 0.3 is 12.2 Å². The van der Waals surface area contributed by atoms with Crippen LogP contribution in [0.15, 0.2) is 0 Å². The van der Waals surface area contributed by atoms with Gasteiger partial charge in [0.05, 0.1) is 0 Å². The van der Waals surface area contributed by atoms with E-state index in [4.69, 9.17) is 15.2 Å². The maximum Gasteiger partial charge on any atom is 0.408 e. The lowest BCUT2D eigenvalue weighted by atomic mass is 10.3. The van der Waals surface area contributed by atoms with E-state index in [2.05, 4.69) is 10.6 Å². The summed E-state index contributed by atoms with van der Waals surface area (Å²) < 4.78 is 10.8. The molecule has 0 spiro atoms. The topological polar surface area (TPSA) is 106 Å². The Morgan fingerprint density at radius 2 is 1.41 bits per heavy atom. The number of alkyl carbamates (subject to hydrolysis) is 2. The molecule has 2 unspecified atom stereocenters. The smallest absolute Gasteiger partial charge is 0.408 e. The van der Waals surface area contributed by atoms with E-state index in [0.29, 0.717) is 19.6 Å². The Bertz CT molecular complexity index is 379. The van der Waals surface area contributed by atoms with Crippen molar-refractivity contribution in [3.63, 3.8) is 0 Å². The number of nitrogens with two attached hydrogens (primary N) is 1. The Hall–Kier alpha value is -0.960. The van der Waals surface area contributed by atoms with Crippen molar-refractivity contribution in [2.45, 2.75) is 72.3 Å². The van der Waals surface area contributed by atoms with E-state index in [0.717, 1.165) is 32.1 Å². The SMILES string of the molecule is CCCCNC(=O)OC(C)N(CCC)C(CN)OC(=O)NCCCC.Cl.Cl. The van der Waals surface area contributed by atoms with E-state index in [1.54, 1.807) is 11.8 Å². The van der Waals surface area contributed by atoms with Crippen LogP contribution in [0.3, 0.4) is 0 Å². The second-order valence-corrected chi connectivity index (χ2v) is 5.90. The third-order valence-corrected chi connectivity index (χ3v) is 3.64. The zero-order chi connectivity index (χ0) is 19.1. The molecule has 0 saturated heterocycles. The minimum atomic E-state index is -0.653. The molecule has 0 aromatic rings. The first-order chi connectivity index (χ1) is 12.0. The third kappa shape index (κ3) is 14.7. The summed E-state index contributed by atoms with van der Waals surface area (Å²) >= 11 is 0. The summed E-state index contributed by atoms with van der Waals surface area (Å²) in [4.78, 5) is 25.5. The number of hydrogen-bond acceptors (Lipinski definition) is 6. The van der Waals surface area contributed by atoms with Crippen molar-refractivity contribution in [3.8, 4) is 0 Å². The molecule has 0 aromatic carbocycles. The number of nitrogens with one attached hydrogen (secondary N) is 2. The highest BCUT2D eigenvalue weighted by Crippen LogP contribution is 2.10. The lowest BCUT2D eigenvalue weighted by Gasteiger charge is -2.34. The molecule has 0 aliphatic heterocycles. The Morgan fingerprint density at radius 1 is 0.926 bits per heavy atom. The summed E-state index contributed by atoms with van der Waals surface area (Å²) in [6, 6.07) is 0. The monoisotopic (exact) mass is 432 g/mol. The Kier molecular flexibility index (Phi) is 22.5. The van der Waals surface area contributed by atoms with E-state index >= 15 is 0 Å². The number of amides is 2. The average molecular weight is 433 g/mol. The van der Waals surface area contributed by atoms with Gasteiger partial charge in [-0.15, -0.1) is 24.8 Å². The molecule has 0 fully saturated rings. The summed E-state index contributed by atoms with van der Waals surface area (Å²) in [6.45, 7) is 9.68. The van der Waals surface area contributed by atoms with Crippen LogP contribution in [0.5, 0.6) is 0 Å². The summed E-state index contributed by atoms with van der Waals surface area (Å²) in [5, 5.41) is 5.40. The highest BCUT2D eigenvalue weighted by molar-refractivity contribution is 5.85. The molecule has 2 atom stereocenters. The van der Waals surface area contributed by atoms with Gasteiger partial charge in [0, 0.05) is 26.2 Å². The van der Waals surface area contributed by atoms with Gasteiger partial charge in [0.15, 0.2) is 12.5 Å². The predicted octanol–water partition coefficient (Wildman–Crippen LogP) is 3.23. The van der Waals surface area contributed by atoms with Crippen LogP contribution in [0.4, 0.5) is 9.59 Å². The fraction of sp³-hybridized carbons (Fsp3) is 0.882. The maximum atomic E-state index is 11.9. The van der Waals surface area contributed by atoms with Crippen molar-refractivity contribution >= 4 is 37.0 Å². The zero-order valence-electron chi connectivity index (χ0n) is 17.0. The second kappa shape index (κ2) is 19.8. The minimum Gasteiger partial charge on any atom is -0.430 e. The number of nitrogens with zero attached hydrogens (tertiary/aromatic N) is 1. The van der Waals surface area contributed by atoms with Crippen molar-refractivity contribution in [3.05, 3.63) is 0 Å². The molecule has 0 saturated carbocycles. The van der Waals surface area contributed by atoms with E-state index < -0.39 is 24.6 Å². The van der Waals surface area contributed by atoms with E-state index in [-0.39, 0.29) is 31.4 Å². The first-order valence-corrected chi connectivity index (χ1v) is 9.34. The standard InChI is InChI=1S/C17H36N4O4.2ClH/c1-5-8-10-19-16(22)24-14(4)21(12-7-3)15(13-18)25-17(23)20-11-9-6-2;;/h14-15H,5-13,18H2,1-4H3,(H,19,22)(H,20,23);2*1H. The fourth-order valence-electron chi connectivity index (χ4n) is 2.23. The van der Waals surface area contributed by atoms with Gasteiger partial charge in [-0.1, -0.05) is 33.6 Å². The maximum absolute atomic E-state index is 11.9. The second-order valence-electron chi connectivity index (χ2n) is 5.90. The van der Waals surface area contributed by atoms with Crippen LogP contribution in [0, 0.1) is 0 Å². The molecule has 2 amide bonds. The lowest BCUT2D eigenvalue weighted by Crippen LogP contribution is -2.51. The van der Waals surface area contributed by atoms with Crippen LogP contribution in [0.1, 0.15) is 59.8 Å². The molecule has 0 aliphatic carbocycles. The number of unbranched alkanes of at least 4 members (excludes halogenated alkanes) is 2. The molecule has 0 radical (unpaired) electrons. The van der Waals surface area contributed by atoms with Crippen molar-refractivity contribution in [2.75, 3.05) is 26.2 Å². The molecule has 27 heavy (non-hydrogen) atoms. The van der Waals surface area contributed by atoms with Gasteiger partial charge in [-0.3, -0.25) is 0 Å². The van der Waals surface area contributed by atoms with Gasteiger partial charge in [-0.05, 0) is 26.2 Å². The van der Waals surface area contributed by atoms with E-state index in [1.165, 1.54) is 0 Å². The van der Waals surface area contributed by atoms with Crippen molar-refractivity contribution in [1.29, 1.82) is 0 Å². The highest BCUT2D eigenvalue weighted by Gasteiger charge is 2.27. The number of halogens is 2. The minimum absolute atomic E-state index is 0. The number of hydrogen-bond donors (Lipinski definition) is 3. The normalized spacial score (nSPS) is 12.2. The summed E-state index contributed by atoms with van der Waals surface area (Å²) in [6.07, 6.45) is 2.37. The van der Waals surface area contributed by atoms with Gasteiger partial charge in [0.1, 0.15) is 0 Å². The van der Waals surface area contributed by atoms with Gasteiger partial charge in [0.25, 0.3) is 0 Å². The lowest BCUT2D eigenvalue weighted by molar-refractivity contribution is -0.0951. The molecule has 0 aliphatic rings. The van der Waals surface area contributed by atoms with E-state index in [9.17, 15) is 9.59 Å². The highest BCUT2D eigenvalue weighted by atomic mass is 35.5. The molecule has 0 heterocycles. The zero-order valence-corrected chi connectivity index (χ0v) is 18.6. The quantitative estimate of drug-likeness (QED) is 0.304. The molecule has 0 bridgehead atoms. The first kappa shape index (κ1) is 30.8. The molecule has 8 nitrogen and oxygen atoms in total. The molecule has 10 heteroatoms. The van der Waals surface area contributed by atoms with Crippen molar-refractivity contribution < 1.29 is 19.1 Å². The van der Waals surface area contributed by atoms with Crippen LogP contribution >= 0.6 is 24.8 Å². The van der Waals surface area contributed by atoms with Crippen LogP contribution in [-0.4, -0.2) is 55.7 Å². The van der Waals surface area contributed by atoms with Crippen molar-refractivity contribution in [1.82, 2.24) is 15.5 Å². The van der Waals surface area contributed by atoms with Crippen LogP contribution in [-0.2, 0) is 9.47 Å².